The van der Waals surface area contributed by atoms with Crippen LogP contribution in [0.2, 0.25) is 0 Å². The molecule has 0 bridgehead atoms. The van der Waals surface area contributed by atoms with Crippen LogP contribution < -0.4 is 5.32 Å². The van der Waals surface area contributed by atoms with E-state index in [9.17, 15) is 40.6 Å². The van der Waals surface area contributed by atoms with Gasteiger partial charge in [0.05, 0.1) is 0 Å². The summed E-state index contributed by atoms with van der Waals surface area (Å²) in [4.78, 5) is 13.1. The highest BCUT2D eigenvalue weighted by Crippen LogP contribution is 2.48. The molecule has 0 heterocycles. The summed E-state index contributed by atoms with van der Waals surface area (Å²) in [5.74, 6) is -1.34. The fourth-order valence-corrected chi connectivity index (χ4v) is 1.62. The van der Waals surface area contributed by atoms with Gasteiger partial charge in [-0.15, -0.1) is 0 Å². The molecule has 0 amide bonds. The molecule has 138 valence electrons. The molecule has 4 nitrogen and oxygen atoms in total. The molecule has 0 fully saturated rings. The van der Waals surface area contributed by atoms with E-state index >= 15 is 0 Å². The molecule has 0 aliphatic heterocycles. The second-order valence-electron chi connectivity index (χ2n) is 5.28. The highest BCUT2D eigenvalue weighted by molar-refractivity contribution is 5.82. The number of nitrogens with one attached hydrogen (secondary N) is 1. The zero-order valence-corrected chi connectivity index (χ0v) is 12.6. The van der Waals surface area contributed by atoms with Crippen molar-refractivity contribution in [1.82, 2.24) is 10.2 Å². The lowest BCUT2D eigenvalue weighted by Crippen LogP contribution is -2.53. The Labute approximate surface area is 128 Å². The summed E-state index contributed by atoms with van der Waals surface area (Å²) >= 11 is 0. The Balaban J connectivity index is 4.54. The Morgan fingerprint density at radius 2 is 1.57 bits per heavy atom. The summed E-state index contributed by atoms with van der Waals surface area (Å²) < 4.78 is 87.0. The van der Waals surface area contributed by atoms with E-state index in [2.05, 4.69) is 5.32 Å². The summed E-state index contributed by atoms with van der Waals surface area (Å²) in [6, 6.07) is 0. The van der Waals surface area contributed by atoms with Gasteiger partial charge in [0, 0.05) is 12.8 Å². The van der Waals surface area contributed by atoms with Crippen molar-refractivity contribution in [2.45, 2.75) is 43.5 Å². The molecule has 0 aromatic carbocycles. The van der Waals surface area contributed by atoms with E-state index in [1.165, 1.54) is 0 Å². The van der Waals surface area contributed by atoms with Crippen LogP contribution in [-0.4, -0.2) is 67.2 Å². The van der Waals surface area contributed by atoms with Crippen LogP contribution in [0.5, 0.6) is 0 Å². The maximum Gasteiger partial charge on any atom is 0.431 e. The van der Waals surface area contributed by atoms with E-state index in [0.29, 0.717) is 13.0 Å². The minimum Gasteiger partial charge on any atom is -0.371 e. The molecule has 0 radical (unpaired) electrons. The Morgan fingerprint density at radius 3 is 1.96 bits per heavy atom. The quantitative estimate of drug-likeness (QED) is 0.377. The maximum absolute atomic E-state index is 13.3. The summed E-state index contributed by atoms with van der Waals surface area (Å²) in [6.45, 7) is 0.702. The fourth-order valence-electron chi connectivity index (χ4n) is 1.62. The second kappa shape index (κ2) is 8.25. The van der Waals surface area contributed by atoms with Crippen LogP contribution in [0.4, 0.5) is 30.7 Å². The van der Waals surface area contributed by atoms with Gasteiger partial charge in [-0.25, -0.2) is 4.39 Å². The van der Waals surface area contributed by atoms with E-state index in [-0.39, 0.29) is 6.54 Å². The van der Waals surface area contributed by atoms with E-state index in [0.717, 1.165) is 0 Å². The molecular weight excluding hydrogens is 337 g/mol. The average molecular weight is 356 g/mol. The molecule has 0 saturated carbocycles. The van der Waals surface area contributed by atoms with Crippen LogP contribution >= 0.6 is 0 Å². The topological polar surface area (TPSA) is 52.6 Å². The number of halogens is 7. The molecular formula is C12H19F7N2O2. The lowest BCUT2D eigenvalue weighted by Gasteiger charge is -2.29. The Morgan fingerprint density at radius 1 is 1.09 bits per heavy atom. The number of alkyl halides is 7. The number of nitrogens with zero attached hydrogens (tertiary/aromatic N) is 1. The normalized spacial score (nSPS) is 15.1. The molecule has 1 unspecified atom stereocenters. The lowest BCUT2D eigenvalue weighted by atomic mass is 9.96. The van der Waals surface area contributed by atoms with Gasteiger partial charge in [-0.3, -0.25) is 10.1 Å². The maximum atomic E-state index is 13.3. The Hall–Kier alpha value is -0.940. The first-order valence-corrected chi connectivity index (χ1v) is 6.63. The summed E-state index contributed by atoms with van der Waals surface area (Å²) in [7, 11) is 3.52. The van der Waals surface area contributed by atoms with Crippen molar-refractivity contribution in [3.05, 3.63) is 0 Å². The first-order valence-electron chi connectivity index (χ1n) is 6.63. The molecule has 0 spiro atoms. The number of ketones is 1. The summed E-state index contributed by atoms with van der Waals surface area (Å²) in [5.41, 5.74) is -5.49. The Bertz CT molecular complexity index is 369. The van der Waals surface area contributed by atoms with E-state index in [1.54, 1.807) is 19.0 Å². The van der Waals surface area contributed by atoms with Crippen molar-refractivity contribution in [3.8, 4) is 0 Å². The number of hydrogen-bond acceptors (Lipinski definition) is 4. The molecule has 0 saturated heterocycles. The van der Waals surface area contributed by atoms with Gasteiger partial charge in [0.1, 0.15) is 0 Å². The molecule has 23 heavy (non-hydrogen) atoms. The number of aliphatic hydroxyl groups is 1. The SMILES string of the molecule is CN(C)CCCNC(O)C(=O)CCC(F)(C(F)(F)F)C(F)(F)F. The number of hydrogen-bond donors (Lipinski definition) is 2. The molecule has 0 aromatic heterocycles. The molecule has 11 heteroatoms. The highest BCUT2D eigenvalue weighted by atomic mass is 19.4. The monoisotopic (exact) mass is 356 g/mol. The van der Waals surface area contributed by atoms with E-state index in [1.807, 2.05) is 0 Å². The minimum absolute atomic E-state index is 0.115. The van der Waals surface area contributed by atoms with Crippen molar-refractivity contribution >= 4 is 5.78 Å². The van der Waals surface area contributed by atoms with Gasteiger partial charge < -0.3 is 10.0 Å². The average Bonchev–Trinajstić information content (AvgIpc) is 2.37. The predicted octanol–water partition coefficient (Wildman–Crippen LogP) is 2.03. The van der Waals surface area contributed by atoms with Gasteiger partial charge in [-0.05, 0) is 33.6 Å². The number of carbonyl (C=O) groups is 1. The predicted molar refractivity (Wildman–Crippen MR) is 67.4 cm³/mol. The van der Waals surface area contributed by atoms with Crippen molar-refractivity contribution in [2.24, 2.45) is 0 Å². The van der Waals surface area contributed by atoms with Crippen molar-refractivity contribution < 1.29 is 40.6 Å². The van der Waals surface area contributed by atoms with Crippen molar-refractivity contribution in [3.63, 3.8) is 0 Å². The molecule has 2 N–H and O–H groups in total. The Kier molecular flexibility index (Phi) is 7.91. The van der Waals surface area contributed by atoms with Gasteiger partial charge in [0.2, 0.25) is 0 Å². The smallest absolute Gasteiger partial charge is 0.371 e. The minimum atomic E-state index is -6.20. The lowest BCUT2D eigenvalue weighted by molar-refractivity contribution is -0.343. The van der Waals surface area contributed by atoms with Crippen LogP contribution in [0.15, 0.2) is 0 Å². The zero-order chi connectivity index (χ0) is 18.5. The van der Waals surface area contributed by atoms with E-state index < -0.39 is 42.9 Å². The third-order valence-corrected chi connectivity index (χ3v) is 3.04. The third-order valence-electron chi connectivity index (χ3n) is 3.04. The number of carbonyl (C=O) groups excluding carboxylic acids is 1. The highest BCUT2D eigenvalue weighted by Gasteiger charge is 2.71. The number of aliphatic hydroxyl groups excluding tert-OH is 1. The second-order valence-corrected chi connectivity index (χ2v) is 5.28. The van der Waals surface area contributed by atoms with Crippen LogP contribution in [0, 0.1) is 0 Å². The van der Waals surface area contributed by atoms with E-state index in [4.69, 9.17) is 0 Å². The first kappa shape index (κ1) is 22.1. The summed E-state index contributed by atoms with van der Waals surface area (Å²) in [6.07, 6.45) is -17.4. The van der Waals surface area contributed by atoms with Crippen LogP contribution in [-0.2, 0) is 4.79 Å². The van der Waals surface area contributed by atoms with Crippen molar-refractivity contribution in [2.75, 3.05) is 27.2 Å². The first-order chi connectivity index (χ1) is 10.2. The van der Waals surface area contributed by atoms with Gasteiger partial charge in [0.25, 0.3) is 5.67 Å². The number of Topliss-reactive ketones (excluding diaryl/α,β-unsaturated/α-hetero) is 1. The van der Waals surface area contributed by atoms with Gasteiger partial charge in [-0.1, -0.05) is 0 Å². The molecule has 0 rings (SSSR count). The van der Waals surface area contributed by atoms with Crippen LogP contribution in [0.3, 0.4) is 0 Å². The summed E-state index contributed by atoms with van der Waals surface area (Å²) in [5, 5.41) is 11.6. The van der Waals surface area contributed by atoms with Crippen molar-refractivity contribution in [1.29, 1.82) is 0 Å². The molecule has 0 aliphatic rings. The van der Waals surface area contributed by atoms with Gasteiger partial charge in [0.15, 0.2) is 12.0 Å². The van der Waals surface area contributed by atoms with Gasteiger partial charge >= 0.3 is 12.4 Å². The van der Waals surface area contributed by atoms with Crippen LogP contribution in [0.25, 0.3) is 0 Å². The third kappa shape index (κ3) is 6.60. The molecule has 1 atom stereocenters. The van der Waals surface area contributed by atoms with Gasteiger partial charge in [-0.2, -0.15) is 26.3 Å². The fraction of sp³-hybridized carbons (Fsp3) is 0.917. The molecule has 0 aliphatic carbocycles. The zero-order valence-electron chi connectivity index (χ0n) is 12.6. The van der Waals surface area contributed by atoms with Crippen LogP contribution in [0.1, 0.15) is 19.3 Å². The standard InChI is InChI=1S/C12H19F7N2O2/c1-21(2)7-3-6-20-9(23)8(22)4-5-10(13,11(14,15)16)12(17,18)19/h9,20,23H,3-7H2,1-2H3. The molecule has 0 aromatic rings. The number of rotatable bonds is 9. The largest absolute Gasteiger partial charge is 0.431 e.